The number of ether oxygens (including phenoxy) is 2. The third-order valence-corrected chi connectivity index (χ3v) is 3.73. The van der Waals surface area contributed by atoms with E-state index < -0.39 is 0 Å². The van der Waals surface area contributed by atoms with Gasteiger partial charge in [-0.25, -0.2) is 0 Å². The molecule has 0 unspecified atom stereocenters. The van der Waals surface area contributed by atoms with Gasteiger partial charge in [0.1, 0.15) is 0 Å². The summed E-state index contributed by atoms with van der Waals surface area (Å²) >= 11 is 6.47. The average molecular weight is 287 g/mol. The molecule has 0 bridgehead atoms. The van der Waals surface area contributed by atoms with E-state index in [2.05, 4.69) is 13.8 Å². The first-order valence-electron chi connectivity index (χ1n) is 6.35. The van der Waals surface area contributed by atoms with Crippen LogP contribution >= 0.6 is 11.6 Å². The van der Waals surface area contributed by atoms with Crippen LogP contribution < -0.4 is 9.47 Å². The van der Waals surface area contributed by atoms with Crippen LogP contribution in [0.15, 0.2) is 6.07 Å². The fourth-order valence-electron chi connectivity index (χ4n) is 2.17. The van der Waals surface area contributed by atoms with Gasteiger partial charge < -0.3 is 14.6 Å². The van der Waals surface area contributed by atoms with Crippen LogP contribution in [0.2, 0.25) is 5.02 Å². The van der Waals surface area contributed by atoms with Gasteiger partial charge in [0, 0.05) is 5.41 Å². The smallest absolute Gasteiger partial charge is 0.179 e. The number of aliphatic hydroxyl groups is 1. The minimum Gasteiger partial charge on any atom is -0.493 e. The molecular weight excluding hydrogens is 264 g/mol. The monoisotopic (exact) mass is 286 g/mol. The lowest BCUT2D eigenvalue weighted by molar-refractivity contribution is 0.217. The zero-order valence-electron chi connectivity index (χ0n) is 12.5. The highest BCUT2D eigenvalue weighted by molar-refractivity contribution is 6.33. The first-order valence-corrected chi connectivity index (χ1v) is 6.73. The predicted molar refractivity (Wildman–Crippen MR) is 78.8 cm³/mol. The zero-order chi connectivity index (χ0) is 14.8. The van der Waals surface area contributed by atoms with Crippen LogP contribution in [-0.4, -0.2) is 25.9 Å². The summed E-state index contributed by atoms with van der Waals surface area (Å²) in [5.41, 5.74) is 1.61. The predicted octanol–water partition coefficient (Wildman–Crippen LogP) is 3.75. The van der Waals surface area contributed by atoms with Crippen molar-refractivity contribution >= 4 is 11.6 Å². The third kappa shape index (κ3) is 2.98. The summed E-state index contributed by atoms with van der Waals surface area (Å²) in [4.78, 5) is 0. The van der Waals surface area contributed by atoms with Gasteiger partial charge in [0.2, 0.25) is 0 Å². The average Bonchev–Trinajstić information content (AvgIpc) is 2.36. The van der Waals surface area contributed by atoms with Gasteiger partial charge in [-0.15, -0.1) is 0 Å². The largest absolute Gasteiger partial charge is 0.493 e. The molecule has 0 fully saturated rings. The molecule has 0 aliphatic carbocycles. The van der Waals surface area contributed by atoms with Gasteiger partial charge in [-0.3, -0.25) is 0 Å². The number of aliphatic hydroxyl groups excluding tert-OH is 1. The van der Waals surface area contributed by atoms with E-state index in [-0.39, 0.29) is 17.9 Å². The molecular formula is C15H23ClO3. The van der Waals surface area contributed by atoms with Crippen LogP contribution in [0.1, 0.15) is 44.7 Å². The van der Waals surface area contributed by atoms with E-state index in [4.69, 9.17) is 21.1 Å². The van der Waals surface area contributed by atoms with Crippen molar-refractivity contribution in [1.29, 1.82) is 0 Å². The first-order chi connectivity index (χ1) is 8.80. The molecule has 19 heavy (non-hydrogen) atoms. The van der Waals surface area contributed by atoms with Crippen molar-refractivity contribution in [1.82, 2.24) is 0 Å². The quantitative estimate of drug-likeness (QED) is 0.896. The summed E-state index contributed by atoms with van der Waals surface area (Å²) in [7, 11) is 3.16. The van der Waals surface area contributed by atoms with Gasteiger partial charge in [-0.2, -0.15) is 0 Å². The summed E-state index contributed by atoms with van der Waals surface area (Å²) < 4.78 is 10.7. The highest BCUT2D eigenvalue weighted by Gasteiger charge is 2.29. The van der Waals surface area contributed by atoms with Crippen molar-refractivity contribution in [3.05, 3.63) is 22.2 Å². The second-order valence-electron chi connectivity index (χ2n) is 5.58. The highest BCUT2D eigenvalue weighted by Crippen LogP contribution is 2.45. The van der Waals surface area contributed by atoms with Gasteiger partial charge >= 0.3 is 0 Å². The molecule has 3 nitrogen and oxygen atoms in total. The molecule has 0 atom stereocenters. The maximum absolute atomic E-state index is 9.62. The zero-order valence-corrected chi connectivity index (χ0v) is 13.3. The number of halogens is 1. The fraction of sp³-hybridized carbons (Fsp3) is 0.600. The number of benzene rings is 1. The van der Waals surface area contributed by atoms with Crippen LogP contribution in [0.25, 0.3) is 0 Å². The number of rotatable bonds is 5. The Morgan fingerprint density at radius 1 is 1.26 bits per heavy atom. The van der Waals surface area contributed by atoms with Crippen LogP contribution in [0.5, 0.6) is 11.5 Å². The Hall–Kier alpha value is -0.930. The van der Waals surface area contributed by atoms with E-state index in [0.717, 1.165) is 11.1 Å². The maximum Gasteiger partial charge on any atom is 0.179 e. The van der Waals surface area contributed by atoms with Crippen molar-refractivity contribution in [2.45, 2.75) is 39.0 Å². The summed E-state index contributed by atoms with van der Waals surface area (Å²) in [5, 5.41) is 10.2. The Labute approximate surface area is 120 Å². The molecule has 0 radical (unpaired) electrons. The lowest BCUT2D eigenvalue weighted by Gasteiger charge is -2.29. The Morgan fingerprint density at radius 2 is 1.84 bits per heavy atom. The molecule has 0 aliphatic heterocycles. The molecule has 1 rings (SSSR count). The minimum absolute atomic E-state index is 0.0402. The Bertz CT molecular complexity index is 453. The first kappa shape index (κ1) is 16.1. The fourth-order valence-corrected chi connectivity index (χ4v) is 2.66. The molecule has 0 aromatic heterocycles. The molecule has 0 heterocycles. The topological polar surface area (TPSA) is 38.7 Å². The Kier molecular flexibility index (Phi) is 5.11. The second kappa shape index (κ2) is 6.02. The van der Waals surface area contributed by atoms with Gasteiger partial charge in [-0.05, 0) is 23.1 Å². The van der Waals surface area contributed by atoms with Crippen LogP contribution in [0.3, 0.4) is 0 Å². The molecule has 0 saturated carbocycles. The minimum atomic E-state index is -0.386. The van der Waals surface area contributed by atoms with Crippen molar-refractivity contribution in [3.63, 3.8) is 0 Å². The van der Waals surface area contributed by atoms with Crippen LogP contribution in [-0.2, 0) is 5.41 Å². The van der Waals surface area contributed by atoms with Gasteiger partial charge in [0.25, 0.3) is 0 Å². The van der Waals surface area contributed by atoms with Crippen molar-refractivity contribution < 1.29 is 14.6 Å². The number of hydrogen-bond donors (Lipinski definition) is 1. The molecule has 1 aromatic carbocycles. The summed E-state index contributed by atoms with van der Waals surface area (Å²) in [5.74, 6) is 1.37. The van der Waals surface area contributed by atoms with E-state index >= 15 is 0 Å². The number of methoxy groups -OCH3 is 2. The van der Waals surface area contributed by atoms with E-state index in [1.807, 2.05) is 19.9 Å². The van der Waals surface area contributed by atoms with Crippen LogP contribution in [0.4, 0.5) is 0 Å². The van der Waals surface area contributed by atoms with E-state index in [1.54, 1.807) is 14.2 Å². The van der Waals surface area contributed by atoms with Gasteiger partial charge in [0.05, 0.1) is 25.8 Å². The summed E-state index contributed by atoms with van der Waals surface area (Å²) in [6.45, 7) is 8.15. The molecule has 108 valence electrons. The lowest BCUT2D eigenvalue weighted by atomic mass is 9.79. The van der Waals surface area contributed by atoms with E-state index in [1.165, 1.54) is 0 Å². The standard InChI is InChI=1S/C15H23ClO3/c1-9(2)12-10(15(3,4)8-17)7-11(18-5)14(19-6)13(12)16/h7,9,17H,8H2,1-6H3. The van der Waals surface area contributed by atoms with E-state index in [0.29, 0.717) is 16.5 Å². The molecule has 0 saturated heterocycles. The van der Waals surface area contributed by atoms with Crippen molar-refractivity contribution in [2.24, 2.45) is 0 Å². The van der Waals surface area contributed by atoms with Crippen LogP contribution in [0, 0.1) is 0 Å². The van der Waals surface area contributed by atoms with Gasteiger partial charge in [-0.1, -0.05) is 39.3 Å². The Balaban J connectivity index is 3.66. The van der Waals surface area contributed by atoms with Crippen molar-refractivity contribution in [2.75, 3.05) is 20.8 Å². The summed E-state index contributed by atoms with van der Waals surface area (Å²) in [6.07, 6.45) is 0. The normalized spacial score (nSPS) is 11.8. The molecule has 1 aromatic rings. The molecule has 0 spiro atoms. The highest BCUT2D eigenvalue weighted by atomic mass is 35.5. The van der Waals surface area contributed by atoms with Crippen molar-refractivity contribution in [3.8, 4) is 11.5 Å². The van der Waals surface area contributed by atoms with Gasteiger partial charge in [0.15, 0.2) is 11.5 Å². The third-order valence-electron chi connectivity index (χ3n) is 3.35. The lowest BCUT2D eigenvalue weighted by Crippen LogP contribution is -2.24. The maximum atomic E-state index is 9.62. The SMILES string of the molecule is COc1cc(C(C)(C)CO)c(C(C)C)c(Cl)c1OC. The molecule has 1 N–H and O–H groups in total. The molecule has 4 heteroatoms. The van der Waals surface area contributed by atoms with E-state index in [9.17, 15) is 5.11 Å². The molecule has 0 aliphatic rings. The Morgan fingerprint density at radius 3 is 2.21 bits per heavy atom. The summed E-state index contributed by atoms with van der Waals surface area (Å²) in [6, 6.07) is 1.91. The molecule has 0 amide bonds. The second-order valence-corrected chi connectivity index (χ2v) is 5.96. The number of hydrogen-bond acceptors (Lipinski definition) is 3.